The van der Waals surface area contributed by atoms with Crippen LogP contribution in [0.2, 0.25) is 0 Å². The van der Waals surface area contributed by atoms with Gasteiger partial charge in [-0.1, -0.05) is 37.6 Å². The van der Waals surface area contributed by atoms with Gasteiger partial charge in [-0.15, -0.1) is 0 Å². The molecule has 34 heavy (non-hydrogen) atoms. The van der Waals surface area contributed by atoms with E-state index in [1.54, 1.807) is 0 Å². The number of aryl methyl sites for hydroxylation is 2. The van der Waals surface area contributed by atoms with Crippen LogP contribution in [0.5, 0.6) is 5.75 Å². The zero-order valence-electron chi connectivity index (χ0n) is 20.7. The first-order chi connectivity index (χ1) is 16.0. The molecule has 8 heteroatoms. The van der Waals surface area contributed by atoms with E-state index < -0.39 is 16.9 Å². The van der Waals surface area contributed by atoms with Gasteiger partial charge in [-0.25, -0.2) is 14.3 Å². The van der Waals surface area contributed by atoms with E-state index in [2.05, 4.69) is 44.0 Å². The van der Waals surface area contributed by atoms with Crippen molar-refractivity contribution in [1.82, 2.24) is 9.55 Å². The summed E-state index contributed by atoms with van der Waals surface area (Å²) in [5, 5.41) is 0. The number of rotatable bonds is 9. The third-order valence-electron chi connectivity index (χ3n) is 6.28. The standard InChI is InChI=1S/C26H32N2O6/c1-15(2)21(19-9-8-16(3)12-17(19)4)18(5)33-14-26(6,13-29)28-24(30)22-23(34-25(28)31)20(32-7)10-11-27-22/h8-13,15,18,21H,14H2,1-7H3/t18-,21-,26-/m0/s1. The fraction of sp³-hybridized carbons (Fsp3) is 0.462. The van der Waals surface area contributed by atoms with Gasteiger partial charge in [0, 0.05) is 18.2 Å². The summed E-state index contributed by atoms with van der Waals surface area (Å²) in [5.41, 5.74) is 1.01. The second kappa shape index (κ2) is 9.93. The van der Waals surface area contributed by atoms with Crippen LogP contribution >= 0.6 is 0 Å². The number of aromatic nitrogens is 2. The van der Waals surface area contributed by atoms with Crippen molar-refractivity contribution < 1.29 is 18.7 Å². The van der Waals surface area contributed by atoms with Crippen LogP contribution in [-0.2, 0) is 15.1 Å². The van der Waals surface area contributed by atoms with Crippen molar-refractivity contribution in [3.63, 3.8) is 0 Å². The van der Waals surface area contributed by atoms with E-state index in [9.17, 15) is 14.4 Å². The van der Waals surface area contributed by atoms with Crippen LogP contribution in [0.25, 0.3) is 11.1 Å². The Morgan fingerprint density at radius 3 is 2.47 bits per heavy atom. The second-order valence-electron chi connectivity index (χ2n) is 9.32. The number of ether oxygens (including phenoxy) is 2. The van der Waals surface area contributed by atoms with E-state index in [1.165, 1.54) is 43.0 Å². The molecule has 0 radical (unpaired) electrons. The van der Waals surface area contributed by atoms with Crippen LogP contribution in [0.3, 0.4) is 0 Å². The first-order valence-electron chi connectivity index (χ1n) is 11.3. The summed E-state index contributed by atoms with van der Waals surface area (Å²) >= 11 is 0. The monoisotopic (exact) mass is 468 g/mol. The quantitative estimate of drug-likeness (QED) is 0.441. The molecule has 0 unspecified atom stereocenters. The van der Waals surface area contributed by atoms with Gasteiger partial charge in [0.2, 0.25) is 5.58 Å². The highest BCUT2D eigenvalue weighted by atomic mass is 16.5. The van der Waals surface area contributed by atoms with Crippen molar-refractivity contribution >= 4 is 17.4 Å². The Kier molecular flexibility index (Phi) is 7.41. The maximum atomic E-state index is 13.2. The van der Waals surface area contributed by atoms with Crippen LogP contribution in [0, 0.1) is 19.8 Å². The predicted octanol–water partition coefficient (Wildman–Crippen LogP) is 3.73. The SMILES string of the molecule is COc1ccnc2c(=O)n([C@@](C)(C=O)CO[C@@H](C)[C@@H](c3ccc(C)cc3C)C(C)C)c(=O)oc12. The molecule has 0 N–H and O–H groups in total. The van der Waals surface area contributed by atoms with Crippen LogP contribution in [0.4, 0.5) is 0 Å². The number of aldehydes is 1. The number of fused-ring (bicyclic) bond motifs is 1. The average Bonchev–Trinajstić information content (AvgIpc) is 2.78. The molecule has 0 aliphatic rings. The minimum absolute atomic E-state index is 0.0483. The Balaban J connectivity index is 1.98. The molecule has 2 heterocycles. The average molecular weight is 469 g/mol. The third kappa shape index (κ3) is 4.68. The summed E-state index contributed by atoms with van der Waals surface area (Å²) in [6.07, 6.45) is 1.62. The van der Waals surface area contributed by atoms with Gasteiger partial charge in [0.15, 0.2) is 11.3 Å². The predicted molar refractivity (Wildman–Crippen MR) is 130 cm³/mol. The topological polar surface area (TPSA) is 101 Å². The van der Waals surface area contributed by atoms with Crippen molar-refractivity contribution in [2.45, 2.75) is 59.1 Å². The molecule has 0 amide bonds. The number of nitrogens with zero attached hydrogens (tertiary/aromatic N) is 2. The third-order valence-corrected chi connectivity index (χ3v) is 6.28. The zero-order chi connectivity index (χ0) is 25.2. The number of pyridine rings is 1. The molecular weight excluding hydrogens is 436 g/mol. The van der Waals surface area contributed by atoms with Gasteiger partial charge < -0.3 is 18.7 Å². The molecule has 182 valence electrons. The smallest absolute Gasteiger partial charge is 0.423 e. The number of hydrogen-bond acceptors (Lipinski definition) is 7. The highest BCUT2D eigenvalue weighted by molar-refractivity contribution is 5.77. The number of carbonyl (C=O) groups excluding carboxylic acids is 1. The fourth-order valence-corrected chi connectivity index (χ4v) is 4.51. The molecule has 0 saturated heterocycles. The van der Waals surface area contributed by atoms with Crippen molar-refractivity contribution in [2.24, 2.45) is 5.92 Å². The molecule has 0 aliphatic heterocycles. The van der Waals surface area contributed by atoms with Crippen LogP contribution < -0.4 is 16.1 Å². The van der Waals surface area contributed by atoms with E-state index >= 15 is 0 Å². The Labute approximate surface area is 198 Å². The lowest BCUT2D eigenvalue weighted by atomic mass is 9.82. The Hall–Kier alpha value is -3.26. The maximum Gasteiger partial charge on any atom is 0.423 e. The van der Waals surface area contributed by atoms with Crippen LogP contribution in [0.1, 0.15) is 50.3 Å². The van der Waals surface area contributed by atoms with Crippen molar-refractivity contribution in [1.29, 1.82) is 0 Å². The highest BCUT2D eigenvalue weighted by Gasteiger charge is 2.35. The first-order valence-corrected chi connectivity index (χ1v) is 11.3. The normalized spacial score (nSPS) is 15.2. The van der Waals surface area contributed by atoms with Gasteiger partial charge in [-0.2, -0.15) is 0 Å². The van der Waals surface area contributed by atoms with Gasteiger partial charge in [-0.05, 0) is 44.7 Å². The summed E-state index contributed by atoms with van der Waals surface area (Å²) in [7, 11) is 1.39. The summed E-state index contributed by atoms with van der Waals surface area (Å²) < 4.78 is 17.4. The number of benzene rings is 1. The van der Waals surface area contributed by atoms with Crippen LogP contribution in [-0.4, -0.2) is 35.7 Å². The van der Waals surface area contributed by atoms with Gasteiger partial charge in [-0.3, -0.25) is 4.79 Å². The lowest BCUT2D eigenvalue weighted by Crippen LogP contribution is -2.51. The highest BCUT2D eigenvalue weighted by Crippen LogP contribution is 2.33. The molecule has 0 bridgehead atoms. The van der Waals surface area contributed by atoms with Crippen molar-refractivity contribution in [2.75, 3.05) is 13.7 Å². The molecule has 0 fully saturated rings. The minimum Gasteiger partial charge on any atom is -0.493 e. The van der Waals surface area contributed by atoms with Crippen molar-refractivity contribution in [3.8, 4) is 5.75 Å². The number of carbonyl (C=O) groups is 1. The van der Waals surface area contributed by atoms with Gasteiger partial charge in [0.05, 0.1) is 19.8 Å². The fourth-order valence-electron chi connectivity index (χ4n) is 4.51. The molecule has 1 aromatic carbocycles. The van der Waals surface area contributed by atoms with Gasteiger partial charge in [0.1, 0.15) is 11.8 Å². The molecule has 0 spiro atoms. The molecule has 3 atom stereocenters. The lowest BCUT2D eigenvalue weighted by Gasteiger charge is -2.32. The molecular formula is C26H32N2O6. The summed E-state index contributed by atoms with van der Waals surface area (Å²) in [5.74, 6) is -0.474. The van der Waals surface area contributed by atoms with Crippen LogP contribution in [0.15, 0.2) is 44.5 Å². The Morgan fingerprint density at radius 1 is 1.18 bits per heavy atom. The van der Waals surface area contributed by atoms with E-state index in [1.807, 2.05) is 13.8 Å². The molecule has 3 aromatic rings. The second-order valence-corrected chi connectivity index (χ2v) is 9.32. The zero-order valence-corrected chi connectivity index (χ0v) is 20.7. The molecule has 2 aromatic heterocycles. The molecule has 8 nitrogen and oxygen atoms in total. The van der Waals surface area contributed by atoms with E-state index in [0.29, 0.717) is 6.29 Å². The lowest BCUT2D eigenvalue weighted by molar-refractivity contribution is -0.119. The first kappa shape index (κ1) is 25.4. The maximum absolute atomic E-state index is 13.2. The van der Waals surface area contributed by atoms with Crippen molar-refractivity contribution in [3.05, 3.63) is 68.1 Å². The van der Waals surface area contributed by atoms with E-state index in [4.69, 9.17) is 13.9 Å². The number of hydrogen-bond donors (Lipinski definition) is 0. The molecule has 0 aliphatic carbocycles. The summed E-state index contributed by atoms with van der Waals surface area (Å²) in [6.45, 7) is 11.6. The molecule has 0 saturated carbocycles. The Morgan fingerprint density at radius 2 is 1.88 bits per heavy atom. The largest absolute Gasteiger partial charge is 0.493 e. The van der Waals surface area contributed by atoms with E-state index in [0.717, 1.165) is 4.57 Å². The summed E-state index contributed by atoms with van der Waals surface area (Å²) in [6, 6.07) is 7.79. The molecule has 3 rings (SSSR count). The Bertz CT molecular complexity index is 1310. The van der Waals surface area contributed by atoms with Gasteiger partial charge >= 0.3 is 5.76 Å². The van der Waals surface area contributed by atoms with E-state index in [-0.39, 0.29) is 41.4 Å². The van der Waals surface area contributed by atoms with Gasteiger partial charge in [0.25, 0.3) is 5.56 Å². The summed E-state index contributed by atoms with van der Waals surface area (Å²) in [4.78, 5) is 42.2. The number of methoxy groups -OCH3 is 1. The minimum atomic E-state index is -1.59.